The average molecular weight is 211 g/mol. The van der Waals surface area contributed by atoms with E-state index >= 15 is 0 Å². The van der Waals surface area contributed by atoms with Crippen LogP contribution in [-0.2, 0) is 0 Å². The maximum Gasteiger partial charge on any atom is 0.406 e. The molecule has 0 heterocycles. The predicted molar refractivity (Wildman–Crippen MR) is 46.6 cm³/mol. The highest BCUT2D eigenvalue weighted by atomic mass is 19.4. The Hall–Kier alpha value is -0.290. The molecule has 1 aliphatic carbocycles. The molecule has 14 heavy (non-hydrogen) atoms. The number of aliphatic hydroxyl groups excluding tert-OH is 1. The Kier molecular flexibility index (Phi) is 3.78. The van der Waals surface area contributed by atoms with Crippen LogP contribution in [0.15, 0.2) is 0 Å². The number of hydrogen-bond acceptors (Lipinski definition) is 2. The zero-order valence-corrected chi connectivity index (χ0v) is 7.93. The molecule has 2 atom stereocenters. The van der Waals surface area contributed by atoms with Crippen LogP contribution in [0.4, 0.5) is 13.2 Å². The van der Waals surface area contributed by atoms with Gasteiger partial charge < -0.3 is 10.8 Å². The minimum atomic E-state index is -4.49. The number of halogens is 3. The van der Waals surface area contributed by atoms with Crippen LogP contribution in [0.1, 0.15) is 32.1 Å². The lowest BCUT2D eigenvalue weighted by atomic mass is 9.83. The summed E-state index contributed by atoms with van der Waals surface area (Å²) in [4.78, 5) is 0. The first-order valence-electron chi connectivity index (χ1n) is 4.93. The molecule has 1 fully saturated rings. The van der Waals surface area contributed by atoms with Crippen molar-refractivity contribution in [2.45, 2.75) is 50.4 Å². The van der Waals surface area contributed by atoms with Gasteiger partial charge in [0.15, 0.2) is 0 Å². The Balaban J connectivity index is 2.50. The molecule has 0 aromatic heterocycles. The van der Waals surface area contributed by atoms with Crippen molar-refractivity contribution in [2.75, 3.05) is 0 Å². The second-order valence-electron chi connectivity index (χ2n) is 3.96. The second kappa shape index (κ2) is 4.49. The summed E-state index contributed by atoms with van der Waals surface area (Å²) in [6.07, 6.45) is -1.77. The Morgan fingerprint density at radius 1 is 1.14 bits per heavy atom. The van der Waals surface area contributed by atoms with Gasteiger partial charge in [-0.1, -0.05) is 19.3 Å². The molecule has 5 heteroatoms. The fourth-order valence-electron chi connectivity index (χ4n) is 1.96. The van der Waals surface area contributed by atoms with Crippen molar-refractivity contribution in [2.24, 2.45) is 11.7 Å². The summed E-state index contributed by atoms with van der Waals surface area (Å²) >= 11 is 0. The molecule has 1 rings (SSSR count). The van der Waals surface area contributed by atoms with Gasteiger partial charge in [-0.3, -0.25) is 0 Å². The van der Waals surface area contributed by atoms with E-state index in [2.05, 4.69) is 0 Å². The number of hydrogen-bond donors (Lipinski definition) is 2. The van der Waals surface area contributed by atoms with Crippen LogP contribution >= 0.6 is 0 Å². The van der Waals surface area contributed by atoms with Crippen molar-refractivity contribution in [1.29, 1.82) is 0 Å². The van der Waals surface area contributed by atoms with E-state index in [0.717, 1.165) is 19.3 Å². The molecule has 0 amide bonds. The van der Waals surface area contributed by atoms with Crippen LogP contribution in [0, 0.1) is 5.92 Å². The summed E-state index contributed by atoms with van der Waals surface area (Å²) < 4.78 is 36.5. The van der Waals surface area contributed by atoms with Crippen molar-refractivity contribution in [1.82, 2.24) is 0 Å². The lowest BCUT2D eigenvalue weighted by Gasteiger charge is -2.31. The largest absolute Gasteiger partial charge is 0.406 e. The summed E-state index contributed by atoms with van der Waals surface area (Å²) in [6.45, 7) is 0. The molecule has 0 spiro atoms. The third kappa shape index (κ3) is 2.85. The first-order valence-corrected chi connectivity index (χ1v) is 4.93. The summed E-state index contributed by atoms with van der Waals surface area (Å²) in [7, 11) is 0. The van der Waals surface area contributed by atoms with E-state index in [1.807, 2.05) is 0 Å². The Morgan fingerprint density at radius 2 is 1.64 bits per heavy atom. The molecule has 2 nitrogen and oxygen atoms in total. The summed E-state index contributed by atoms with van der Waals surface area (Å²) in [5.41, 5.74) is 4.95. The van der Waals surface area contributed by atoms with E-state index in [1.54, 1.807) is 0 Å². The van der Waals surface area contributed by atoms with Gasteiger partial charge in [-0.2, -0.15) is 13.2 Å². The first kappa shape index (κ1) is 11.8. The fourth-order valence-corrected chi connectivity index (χ4v) is 1.96. The zero-order chi connectivity index (χ0) is 10.8. The highest BCUT2D eigenvalue weighted by Crippen LogP contribution is 2.31. The number of alkyl halides is 3. The van der Waals surface area contributed by atoms with E-state index < -0.39 is 18.3 Å². The molecule has 0 unspecified atom stereocenters. The standard InChI is InChI=1S/C9H16F3NO/c10-9(11,12)8(13)7(14)6-4-2-1-3-5-6/h6-8,14H,1-5,13H2/t7-,8-/m0/s1. The molecule has 1 saturated carbocycles. The van der Waals surface area contributed by atoms with Gasteiger partial charge in [-0.25, -0.2) is 0 Å². The maximum absolute atomic E-state index is 12.2. The predicted octanol–water partition coefficient (Wildman–Crippen LogP) is 1.82. The van der Waals surface area contributed by atoms with Crippen LogP contribution in [0.5, 0.6) is 0 Å². The molecule has 0 saturated heterocycles. The molecule has 0 aromatic rings. The Bertz CT molecular complexity index is 177. The highest BCUT2D eigenvalue weighted by Gasteiger charge is 2.44. The molecule has 0 aromatic carbocycles. The zero-order valence-electron chi connectivity index (χ0n) is 7.93. The van der Waals surface area contributed by atoms with Crippen LogP contribution in [0.25, 0.3) is 0 Å². The van der Waals surface area contributed by atoms with Crippen molar-refractivity contribution in [3.63, 3.8) is 0 Å². The van der Waals surface area contributed by atoms with E-state index in [4.69, 9.17) is 5.73 Å². The van der Waals surface area contributed by atoms with Gasteiger partial charge in [0.05, 0.1) is 6.10 Å². The monoisotopic (exact) mass is 211 g/mol. The molecular weight excluding hydrogens is 195 g/mol. The van der Waals surface area contributed by atoms with Crippen LogP contribution in [0.2, 0.25) is 0 Å². The fraction of sp³-hybridized carbons (Fsp3) is 1.00. The minimum Gasteiger partial charge on any atom is -0.391 e. The summed E-state index contributed by atoms with van der Waals surface area (Å²) in [5.74, 6) is -0.277. The summed E-state index contributed by atoms with van der Waals surface area (Å²) in [5, 5.41) is 9.43. The molecule has 0 bridgehead atoms. The highest BCUT2D eigenvalue weighted by molar-refractivity contribution is 4.85. The van der Waals surface area contributed by atoms with Crippen LogP contribution in [0.3, 0.4) is 0 Å². The molecule has 3 N–H and O–H groups in total. The Labute approximate surface area is 81.3 Å². The number of aliphatic hydroxyl groups is 1. The third-order valence-corrected chi connectivity index (χ3v) is 2.88. The Morgan fingerprint density at radius 3 is 2.07 bits per heavy atom. The van der Waals surface area contributed by atoms with Gasteiger partial charge in [0, 0.05) is 0 Å². The van der Waals surface area contributed by atoms with Gasteiger partial charge in [0.25, 0.3) is 0 Å². The van der Waals surface area contributed by atoms with Gasteiger partial charge in [-0.15, -0.1) is 0 Å². The van der Waals surface area contributed by atoms with Gasteiger partial charge in [0.2, 0.25) is 0 Å². The molecule has 0 aliphatic heterocycles. The van der Waals surface area contributed by atoms with Gasteiger partial charge in [0.1, 0.15) is 6.04 Å². The molecule has 84 valence electrons. The lowest BCUT2D eigenvalue weighted by molar-refractivity contribution is -0.176. The smallest absolute Gasteiger partial charge is 0.391 e. The van der Waals surface area contributed by atoms with E-state index in [0.29, 0.717) is 12.8 Å². The van der Waals surface area contributed by atoms with Crippen molar-refractivity contribution >= 4 is 0 Å². The van der Waals surface area contributed by atoms with Gasteiger partial charge >= 0.3 is 6.18 Å². The maximum atomic E-state index is 12.2. The first-order chi connectivity index (χ1) is 6.43. The summed E-state index contributed by atoms with van der Waals surface area (Å²) in [6, 6.07) is -2.09. The molecular formula is C9H16F3NO. The topological polar surface area (TPSA) is 46.2 Å². The number of nitrogens with two attached hydrogens (primary N) is 1. The van der Waals surface area contributed by atoms with E-state index in [1.165, 1.54) is 0 Å². The number of rotatable bonds is 2. The van der Waals surface area contributed by atoms with E-state index in [-0.39, 0.29) is 5.92 Å². The van der Waals surface area contributed by atoms with E-state index in [9.17, 15) is 18.3 Å². The van der Waals surface area contributed by atoms with Crippen molar-refractivity contribution in [3.05, 3.63) is 0 Å². The molecule has 0 radical (unpaired) electrons. The lowest BCUT2D eigenvalue weighted by Crippen LogP contribution is -2.50. The van der Waals surface area contributed by atoms with Crippen LogP contribution < -0.4 is 5.73 Å². The minimum absolute atomic E-state index is 0.277. The second-order valence-corrected chi connectivity index (χ2v) is 3.96. The molecule has 1 aliphatic rings. The average Bonchev–Trinajstić information content (AvgIpc) is 2.15. The van der Waals surface area contributed by atoms with Gasteiger partial charge in [-0.05, 0) is 18.8 Å². The van der Waals surface area contributed by atoms with Crippen molar-refractivity contribution < 1.29 is 18.3 Å². The quantitative estimate of drug-likeness (QED) is 0.731. The van der Waals surface area contributed by atoms with Crippen molar-refractivity contribution in [3.8, 4) is 0 Å². The van der Waals surface area contributed by atoms with Crippen LogP contribution in [-0.4, -0.2) is 23.4 Å². The third-order valence-electron chi connectivity index (χ3n) is 2.88. The SMILES string of the molecule is N[C@@H]([C@@H](O)C1CCCCC1)C(F)(F)F. The normalized spacial score (nSPS) is 24.6.